The van der Waals surface area contributed by atoms with E-state index in [1.165, 1.54) is 12.1 Å². The summed E-state index contributed by atoms with van der Waals surface area (Å²) in [6.45, 7) is 2.82. The Labute approximate surface area is 111 Å². The normalized spacial score (nSPS) is 16.7. The number of halogens is 1. The van der Waals surface area contributed by atoms with Gasteiger partial charge in [0.25, 0.3) is 0 Å². The number of hydrogen-bond acceptors (Lipinski definition) is 3. The molecule has 2 rings (SSSR count). The maximum atomic E-state index is 12.7. The lowest BCUT2D eigenvalue weighted by Crippen LogP contribution is -2.59. The highest BCUT2D eigenvalue weighted by molar-refractivity contribution is 5.75. The largest absolute Gasteiger partial charge is 0.487 e. The van der Waals surface area contributed by atoms with Crippen LogP contribution in [0, 0.1) is 5.82 Å². The first-order valence-electron chi connectivity index (χ1n) is 6.17. The van der Waals surface area contributed by atoms with Crippen LogP contribution >= 0.6 is 0 Å². The molecule has 0 unspecified atom stereocenters. The van der Waals surface area contributed by atoms with E-state index < -0.39 is 6.10 Å². The van der Waals surface area contributed by atoms with Gasteiger partial charge in [-0.1, -0.05) is 0 Å². The van der Waals surface area contributed by atoms with Crippen LogP contribution in [-0.4, -0.2) is 47.9 Å². The van der Waals surface area contributed by atoms with E-state index in [0.717, 1.165) is 0 Å². The molecule has 1 aromatic rings. The number of urea groups is 1. The first-order chi connectivity index (χ1) is 9.04. The Morgan fingerprint density at radius 3 is 2.74 bits per heavy atom. The van der Waals surface area contributed by atoms with Crippen LogP contribution in [0.4, 0.5) is 9.18 Å². The summed E-state index contributed by atoms with van der Waals surface area (Å²) in [5.74, 6) is 0.288. The molecule has 1 fully saturated rings. The molecule has 2 amide bonds. The molecule has 0 aliphatic carbocycles. The number of hydrogen-bond donors (Lipinski definition) is 2. The molecule has 5 nitrogen and oxygen atoms in total. The zero-order valence-corrected chi connectivity index (χ0v) is 10.7. The van der Waals surface area contributed by atoms with Gasteiger partial charge in [0.1, 0.15) is 17.7 Å². The predicted molar refractivity (Wildman–Crippen MR) is 67.5 cm³/mol. The van der Waals surface area contributed by atoms with Gasteiger partial charge in [0.2, 0.25) is 0 Å². The van der Waals surface area contributed by atoms with E-state index in [-0.39, 0.29) is 24.5 Å². The molecule has 104 valence electrons. The summed E-state index contributed by atoms with van der Waals surface area (Å²) in [4.78, 5) is 13.2. The molecule has 1 atom stereocenters. The van der Waals surface area contributed by atoms with Crippen molar-refractivity contribution >= 4 is 6.03 Å². The third-order valence-electron chi connectivity index (χ3n) is 2.80. The molecule has 6 heteroatoms. The Bertz CT molecular complexity index is 430. The van der Waals surface area contributed by atoms with Crippen LogP contribution in [0.5, 0.6) is 5.75 Å². The lowest BCUT2D eigenvalue weighted by atomic mass is 10.2. The average Bonchev–Trinajstić information content (AvgIpc) is 2.32. The Kier molecular flexibility index (Phi) is 4.21. The van der Waals surface area contributed by atoms with E-state index in [1.807, 2.05) is 0 Å². The summed E-state index contributed by atoms with van der Waals surface area (Å²) in [5, 5.41) is 11.7. The molecule has 0 saturated carbocycles. The van der Waals surface area contributed by atoms with E-state index in [4.69, 9.17) is 9.84 Å². The fourth-order valence-corrected chi connectivity index (χ4v) is 1.73. The molecule has 0 aromatic heterocycles. The summed E-state index contributed by atoms with van der Waals surface area (Å²) in [6, 6.07) is 5.58. The zero-order valence-electron chi connectivity index (χ0n) is 10.7. The van der Waals surface area contributed by atoms with Crippen molar-refractivity contribution in [3.8, 4) is 5.75 Å². The molecule has 1 aromatic carbocycles. The maximum Gasteiger partial charge on any atom is 0.317 e. The molecule has 0 radical (unpaired) electrons. The van der Waals surface area contributed by atoms with Crippen LogP contribution in [0.2, 0.25) is 0 Å². The van der Waals surface area contributed by atoms with Gasteiger partial charge in [-0.05, 0) is 31.2 Å². The van der Waals surface area contributed by atoms with Gasteiger partial charge in [-0.3, -0.25) is 0 Å². The van der Waals surface area contributed by atoms with E-state index in [1.54, 1.807) is 24.0 Å². The highest BCUT2D eigenvalue weighted by atomic mass is 19.1. The van der Waals surface area contributed by atoms with Crippen LogP contribution in [0.15, 0.2) is 24.3 Å². The molecule has 0 bridgehead atoms. The Hall–Kier alpha value is -1.82. The second-order valence-corrected chi connectivity index (χ2v) is 4.63. The quantitative estimate of drug-likeness (QED) is 0.855. The van der Waals surface area contributed by atoms with Gasteiger partial charge >= 0.3 is 6.03 Å². The van der Waals surface area contributed by atoms with Crippen LogP contribution < -0.4 is 10.1 Å². The van der Waals surface area contributed by atoms with Crippen molar-refractivity contribution in [1.29, 1.82) is 0 Å². The van der Waals surface area contributed by atoms with Gasteiger partial charge in [-0.2, -0.15) is 0 Å². The van der Waals surface area contributed by atoms with Crippen molar-refractivity contribution in [2.45, 2.75) is 19.1 Å². The van der Waals surface area contributed by atoms with Crippen molar-refractivity contribution in [2.75, 3.05) is 19.6 Å². The van der Waals surface area contributed by atoms with Crippen molar-refractivity contribution in [3.63, 3.8) is 0 Å². The molecule has 2 N–H and O–H groups in total. The monoisotopic (exact) mass is 268 g/mol. The smallest absolute Gasteiger partial charge is 0.317 e. The van der Waals surface area contributed by atoms with Crippen molar-refractivity contribution in [2.24, 2.45) is 0 Å². The van der Waals surface area contributed by atoms with Gasteiger partial charge in [0, 0.05) is 6.54 Å². The molecule has 1 aliphatic heterocycles. The number of aliphatic hydroxyl groups excluding tert-OH is 1. The molecule has 19 heavy (non-hydrogen) atoms. The molecule has 1 saturated heterocycles. The standard InChI is InChI=1S/C13H17FN2O3/c1-9(17)6-15-13(18)16-7-12(8-16)19-11-4-2-10(14)3-5-11/h2-5,9,12,17H,6-8H2,1H3,(H,15,18)/t9-/m1/s1. The molecular weight excluding hydrogens is 251 g/mol. The van der Waals surface area contributed by atoms with Crippen LogP contribution in [-0.2, 0) is 0 Å². The Morgan fingerprint density at radius 2 is 2.16 bits per heavy atom. The van der Waals surface area contributed by atoms with Crippen LogP contribution in [0.3, 0.4) is 0 Å². The summed E-state index contributed by atoms with van der Waals surface area (Å²) in [5.41, 5.74) is 0. The van der Waals surface area contributed by atoms with Crippen molar-refractivity contribution < 1.29 is 19.0 Å². The molecule has 0 spiro atoms. The number of ether oxygens (including phenoxy) is 1. The van der Waals surface area contributed by atoms with Crippen LogP contribution in [0.25, 0.3) is 0 Å². The van der Waals surface area contributed by atoms with Crippen molar-refractivity contribution in [3.05, 3.63) is 30.1 Å². The number of nitrogens with zero attached hydrogens (tertiary/aromatic N) is 1. The minimum absolute atomic E-state index is 0.0669. The van der Waals surface area contributed by atoms with E-state index in [9.17, 15) is 9.18 Å². The minimum Gasteiger partial charge on any atom is -0.487 e. The average molecular weight is 268 g/mol. The van der Waals surface area contributed by atoms with E-state index >= 15 is 0 Å². The Morgan fingerprint density at radius 1 is 1.53 bits per heavy atom. The van der Waals surface area contributed by atoms with Crippen LogP contribution in [0.1, 0.15) is 6.92 Å². The first-order valence-corrected chi connectivity index (χ1v) is 6.17. The SMILES string of the molecule is C[C@@H](O)CNC(=O)N1CC(Oc2ccc(F)cc2)C1. The molecule has 1 aliphatic rings. The van der Waals surface area contributed by atoms with Gasteiger partial charge in [0.15, 0.2) is 0 Å². The number of likely N-dealkylation sites (tertiary alicyclic amines) is 1. The first kappa shape index (κ1) is 13.6. The van der Waals surface area contributed by atoms with Gasteiger partial charge in [-0.25, -0.2) is 9.18 Å². The lowest BCUT2D eigenvalue weighted by Gasteiger charge is -2.38. The molecular formula is C13H17FN2O3. The maximum absolute atomic E-state index is 12.7. The number of carbonyl (C=O) groups excluding carboxylic acids is 1. The van der Waals surface area contributed by atoms with Gasteiger partial charge in [-0.15, -0.1) is 0 Å². The lowest BCUT2D eigenvalue weighted by molar-refractivity contribution is 0.0433. The second kappa shape index (κ2) is 5.88. The highest BCUT2D eigenvalue weighted by Gasteiger charge is 2.32. The third kappa shape index (κ3) is 3.82. The minimum atomic E-state index is -0.559. The predicted octanol–water partition coefficient (Wildman–Crippen LogP) is 0.979. The second-order valence-electron chi connectivity index (χ2n) is 4.63. The summed E-state index contributed by atoms with van der Waals surface area (Å²) >= 11 is 0. The number of nitrogens with one attached hydrogen (secondary N) is 1. The topological polar surface area (TPSA) is 61.8 Å². The summed E-state index contributed by atoms with van der Waals surface area (Å²) < 4.78 is 18.3. The third-order valence-corrected chi connectivity index (χ3v) is 2.80. The van der Waals surface area contributed by atoms with Gasteiger partial charge in [0.05, 0.1) is 19.2 Å². The fourth-order valence-electron chi connectivity index (χ4n) is 1.73. The van der Waals surface area contributed by atoms with Crippen molar-refractivity contribution in [1.82, 2.24) is 10.2 Å². The zero-order chi connectivity index (χ0) is 13.8. The molecule has 1 heterocycles. The fraction of sp³-hybridized carbons (Fsp3) is 0.462. The van der Waals surface area contributed by atoms with E-state index in [0.29, 0.717) is 18.8 Å². The van der Waals surface area contributed by atoms with Gasteiger partial charge < -0.3 is 20.1 Å². The highest BCUT2D eigenvalue weighted by Crippen LogP contribution is 2.18. The number of carbonyl (C=O) groups is 1. The summed E-state index contributed by atoms with van der Waals surface area (Å²) in [6.07, 6.45) is -0.626. The number of amides is 2. The number of aliphatic hydroxyl groups is 1. The van der Waals surface area contributed by atoms with E-state index in [2.05, 4.69) is 5.32 Å². The Balaban J connectivity index is 1.71. The number of benzene rings is 1. The number of rotatable bonds is 4. The summed E-state index contributed by atoms with van der Waals surface area (Å²) in [7, 11) is 0.